The van der Waals surface area contributed by atoms with Crippen LogP contribution in [0.3, 0.4) is 0 Å². The molecule has 0 N–H and O–H groups in total. The molecule has 0 aromatic heterocycles. The lowest BCUT2D eigenvalue weighted by atomic mass is 10.1. The molecule has 2 rings (SSSR count). The van der Waals surface area contributed by atoms with E-state index >= 15 is 0 Å². The average molecular weight is 258 g/mol. The molecule has 0 aliphatic heterocycles. The third-order valence-corrected chi connectivity index (χ3v) is 2.84. The van der Waals surface area contributed by atoms with Crippen molar-refractivity contribution in [2.24, 2.45) is 0 Å². The van der Waals surface area contributed by atoms with E-state index in [1.54, 1.807) is 6.92 Å². The maximum atomic E-state index is 11.4. The first-order valence-electron chi connectivity index (χ1n) is 6.50. The van der Waals surface area contributed by atoms with E-state index in [-0.39, 0.29) is 18.5 Å². The van der Waals surface area contributed by atoms with Gasteiger partial charge in [-0.1, -0.05) is 36.4 Å². The van der Waals surface area contributed by atoms with E-state index in [9.17, 15) is 4.79 Å². The first-order chi connectivity index (χ1) is 9.20. The molecule has 0 saturated heterocycles. The van der Waals surface area contributed by atoms with Gasteiger partial charge in [0.25, 0.3) is 0 Å². The van der Waals surface area contributed by atoms with Crippen LogP contribution in [0.1, 0.15) is 20.3 Å². The highest BCUT2D eigenvalue weighted by Crippen LogP contribution is 2.26. The Balaban J connectivity index is 2.10. The molecule has 0 bridgehead atoms. The van der Waals surface area contributed by atoms with Crippen LogP contribution >= 0.6 is 0 Å². The maximum absolute atomic E-state index is 11.4. The molecule has 0 spiro atoms. The van der Waals surface area contributed by atoms with Crippen LogP contribution in [-0.4, -0.2) is 18.7 Å². The topological polar surface area (TPSA) is 35.5 Å². The van der Waals surface area contributed by atoms with E-state index < -0.39 is 0 Å². The van der Waals surface area contributed by atoms with Gasteiger partial charge in [-0.2, -0.15) is 0 Å². The number of rotatable bonds is 5. The number of ether oxygens (including phenoxy) is 2. The van der Waals surface area contributed by atoms with Crippen molar-refractivity contribution in [3.8, 4) is 5.75 Å². The number of hydrogen-bond donors (Lipinski definition) is 0. The zero-order valence-electron chi connectivity index (χ0n) is 11.3. The fourth-order valence-corrected chi connectivity index (χ4v) is 2.01. The second kappa shape index (κ2) is 6.23. The maximum Gasteiger partial charge on any atom is 0.309 e. The summed E-state index contributed by atoms with van der Waals surface area (Å²) < 4.78 is 10.8. The lowest BCUT2D eigenvalue weighted by Crippen LogP contribution is -2.18. The Labute approximate surface area is 113 Å². The van der Waals surface area contributed by atoms with Gasteiger partial charge < -0.3 is 9.47 Å². The van der Waals surface area contributed by atoms with Gasteiger partial charge in [0.05, 0.1) is 13.0 Å². The summed E-state index contributed by atoms with van der Waals surface area (Å²) in [4.78, 5) is 11.4. The van der Waals surface area contributed by atoms with E-state index in [2.05, 4.69) is 0 Å². The normalized spacial score (nSPS) is 12.1. The highest BCUT2D eigenvalue weighted by Gasteiger charge is 2.12. The van der Waals surface area contributed by atoms with Crippen molar-refractivity contribution in [3.63, 3.8) is 0 Å². The molecule has 2 aromatic rings. The third kappa shape index (κ3) is 3.47. The number of benzene rings is 2. The first kappa shape index (κ1) is 13.4. The minimum Gasteiger partial charge on any atom is -0.489 e. The first-order valence-corrected chi connectivity index (χ1v) is 6.50. The third-order valence-electron chi connectivity index (χ3n) is 2.84. The van der Waals surface area contributed by atoms with E-state index in [0.717, 1.165) is 16.5 Å². The van der Waals surface area contributed by atoms with Crippen molar-refractivity contribution in [2.75, 3.05) is 6.61 Å². The van der Waals surface area contributed by atoms with Crippen LogP contribution < -0.4 is 4.74 Å². The van der Waals surface area contributed by atoms with E-state index in [1.807, 2.05) is 49.4 Å². The molecule has 3 heteroatoms. The predicted molar refractivity (Wildman–Crippen MR) is 75.3 cm³/mol. The molecular formula is C16H18O3. The van der Waals surface area contributed by atoms with Gasteiger partial charge in [-0.25, -0.2) is 0 Å². The van der Waals surface area contributed by atoms with Crippen LogP contribution in [0, 0.1) is 0 Å². The average Bonchev–Trinajstić information content (AvgIpc) is 2.39. The summed E-state index contributed by atoms with van der Waals surface area (Å²) in [6, 6.07) is 13.9. The highest BCUT2D eigenvalue weighted by atomic mass is 16.5. The SMILES string of the molecule is CCOC(=O)CC(C)Oc1cccc2ccccc12. The summed E-state index contributed by atoms with van der Waals surface area (Å²) in [7, 11) is 0. The van der Waals surface area contributed by atoms with Crippen LogP contribution in [0.2, 0.25) is 0 Å². The number of fused-ring (bicyclic) bond motifs is 1. The van der Waals surface area contributed by atoms with Crippen molar-refractivity contribution in [1.29, 1.82) is 0 Å². The fraction of sp³-hybridized carbons (Fsp3) is 0.312. The van der Waals surface area contributed by atoms with Crippen LogP contribution in [0.4, 0.5) is 0 Å². The van der Waals surface area contributed by atoms with Crippen LogP contribution in [0.25, 0.3) is 10.8 Å². The van der Waals surface area contributed by atoms with Crippen LogP contribution in [0.15, 0.2) is 42.5 Å². The quantitative estimate of drug-likeness (QED) is 0.769. The Hall–Kier alpha value is -2.03. The Kier molecular flexibility index (Phi) is 4.39. The van der Waals surface area contributed by atoms with Crippen molar-refractivity contribution < 1.29 is 14.3 Å². The fourth-order valence-electron chi connectivity index (χ4n) is 2.01. The molecule has 0 aliphatic carbocycles. The number of carbonyl (C=O) groups is 1. The largest absolute Gasteiger partial charge is 0.489 e. The van der Waals surface area contributed by atoms with Gasteiger partial charge in [-0.15, -0.1) is 0 Å². The van der Waals surface area contributed by atoms with Gasteiger partial charge in [0.2, 0.25) is 0 Å². The standard InChI is InChI=1S/C16H18O3/c1-3-18-16(17)11-12(2)19-15-10-6-8-13-7-4-5-9-14(13)15/h4-10,12H,3,11H2,1-2H3. The van der Waals surface area contributed by atoms with Crippen molar-refractivity contribution in [2.45, 2.75) is 26.4 Å². The minimum absolute atomic E-state index is 0.204. The number of esters is 1. The lowest BCUT2D eigenvalue weighted by molar-refractivity contribution is -0.144. The Bertz CT molecular complexity index is 557. The van der Waals surface area contributed by atoms with Gasteiger partial charge in [0.15, 0.2) is 0 Å². The predicted octanol–water partition coefficient (Wildman–Crippen LogP) is 3.56. The molecule has 0 heterocycles. The van der Waals surface area contributed by atoms with Crippen LogP contribution in [0.5, 0.6) is 5.75 Å². The smallest absolute Gasteiger partial charge is 0.309 e. The summed E-state index contributed by atoms with van der Waals surface area (Å²) in [5.74, 6) is 0.574. The van der Waals surface area contributed by atoms with E-state index in [1.165, 1.54) is 0 Å². The second-order valence-electron chi connectivity index (χ2n) is 4.41. The summed E-state index contributed by atoms with van der Waals surface area (Å²) in [5.41, 5.74) is 0. The van der Waals surface area contributed by atoms with Gasteiger partial charge in [0.1, 0.15) is 11.9 Å². The molecule has 3 nitrogen and oxygen atoms in total. The summed E-state index contributed by atoms with van der Waals surface area (Å²) in [6.07, 6.45) is 0.0571. The van der Waals surface area contributed by atoms with Gasteiger partial charge in [-0.05, 0) is 25.3 Å². The Morgan fingerprint density at radius 1 is 1.16 bits per heavy atom. The summed E-state index contributed by atoms with van der Waals surface area (Å²) >= 11 is 0. The number of carbonyl (C=O) groups excluding carboxylic acids is 1. The minimum atomic E-state index is -0.227. The highest BCUT2D eigenvalue weighted by molar-refractivity contribution is 5.88. The van der Waals surface area contributed by atoms with Crippen molar-refractivity contribution >= 4 is 16.7 Å². The zero-order valence-corrected chi connectivity index (χ0v) is 11.3. The van der Waals surface area contributed by atoms with Crippen molar-refractivity contribution in [3.05, 3.63) is 42.5 Å². The summed E-state index contributed by atoms with van der Waals surface area (Å²) in [5, 5.41) is 2.18. The number of hydrogen-bond acceptors (Lipinski definition) is 3. The lowest BCUT2D eigenvalue weighted by Gasteiger charge is -2.15. The Morgan fingerprint density at radius 3 is 2.68 bits per heavy atom. The van der Waals surface area contributed by atoms with Gasteiger partial charge >= 0.3 is 5.97 Å². The molecule has 19 heavy (non-hydrogen) atoms. The second-order valence-corrected chi connectivity index (χ2v) is 4.41. The molecule has 0 saturated carbocycles. The summed E-state index contributed by atoms with van der Waals surface area (Å²) in [6.45, 7) is 4.08. The van der Waals surface area contributed by atoms with Gasteiger partial charge in [-0.3, -0.25) is 4.79 Å². The molecular weight excluding hydrogens is 240 g/mol. The molecule has 1 unspecified atom stereocenters. The van der Waals surface area contributed by atoms with Crippen molar-refractivity contribution in [1.82, 2.24) is 0 Å². The molecule has 100 valence electrons. The van der Waals surface area contributed by atoms with Crippen LogP contribution in [-0.2, 0) is 9.53 Å². The van der Waals surface area contributed by atoms with Gasteiger partial charge in [0, 0.05) is 5.39 Å². The van der Waals surface area contributed by atoms with E-state index in [4.69, 9.17) is 9.47 Å². The molecule has 0 aliphatic rings. The monoisotopic (exact) mass is 258 g/mol. The molecule has 1 atom stereocenters. The Morgan fingerprint density at radius 2 is 1.89 bits per heavy atom. The zero-order chi connectivity index (χ0) is 13.7. The molecule has 0 amide bonds. The van der Waals surface area contributed by atoms with E-state index in [0.29, 0.717) is 6.61 Å². The molecule has 0 fully saturated rings. The molecule has 2 aromatic carbocycles. The molecule has 0 radical (unpaired) electrons.